The predicted octanol–water partition coefficient (Wildman–Crippen LogP) is 5.60. The van der Waals surface area contributed by atoms with E-state index < -0.39 is 15.7 Å². The molecule has 0 atom stereocenters. The molecule has 0 saturated carbocycles. The van der Waals surface area contributed by atoms with Gasteiger partial charge in [0.15, 0.2) is 11.5 Å². The van der Waals surface area contributed by atoms with Crippen LogP contribution in [-0.4, -0.2) is 61.5 Å². The first-order valence-electron chi connectivity index (χ1n) is 14.2. The molecule has 0 bridgehead atoms. The molecule has 3 N–H and O–H groups in total. The minimum atomic E-state index is -3.21. The van der Waals surface area contributed by atoms with E-state index >= 15 is 0 Å². The zero-order chi connectivity index (χ0) is 31.8. The highest BCUT2D eigenvalue weighted by Gasteiger charge is 2.18. The zero-order valence-corrected chi connectivity index (χ0v) is 25.1. The van der Waals surface area contributed by atoms with Gasteiger partial charge >= 0.3 is 0 Å². The molecule has 228 valence electrons. The van der Waals surface area contributed by atoms with Gasteiger partial charge in [0, 0.05) is 47.1 Å². The molecule has 0 radical (unpaired) electrons. The van der Waals surface area contributed by atoms with Crippen LogP contribution >= 0.6 is 0 Å². The van der Waals surface area contributed by atoms with Crippen LogP contribution in [0.15, 0.2) is 91.6 Å². The van der Waals surface area contributed by atoms with E-state index in [1.165, 1.54) is 12.1 Å². The van der Waals surface area contributed by atoms with E-state index in [-0.39, 0.29) is 18.1 Å². The molecule has 0 aliphatic rings. The fourth-order valence-electron chi connectivity index (χ4n) is 5.21. The maximum absolute atomic E-state index is 14.6. The number of anilines is 1. The summed E-state index contributed by atoms with van der Waals surface area (Å²) in [5.41, 5.74) is 6.45. The fraction of sp³-hybridized carbons (Fsp3) is 0.0909. The summed E-state index contributed by atoms with van der Waals surface area (Å²) in [4.78, 5) is 33.9. The number of aromatic nitrogens is 7. The van der Waals surface area contributed by atoms with Crippen molar-refractivity contribution in [3.05, 3.63) is 109 Å². The maximum atomic E-state index is 14.6. The van der Waals surface area contributed by atoms with E-state index in [2.05, 4.69) is 35.5 Å². The SMILES string of the molecule is CS(=O)(=O)CCc1cc(F)cc(-c2cncc3[nH]c(-c4n[nH]c5ncc(-c6cncc(NC(=O)c7ccccc7)c6)cc45)nc23)c1. The van der Waals surface area contributed by atoms with Gasteiger partial charge in [-0.05, 0) is 53.9 Å². The molecule has 0 aliphatic heterocycles. The number of hydrogen-bond donors (Lipinski definition) is 3. The summed E-state index contributed by atoms with van der Waals surface area (Å²) in [5, 5.41) is 11.0. The second-order valence-corrected chi connectivity index (χ2v) is 13.1. The third-order valence-electron chi connectivity index (χ3n) is 7.43. The Labute approximate surface area is 261 Å². The maximum Gasteiger partial charge on any atom is 0.255 e. The van der Waals surface area contributed by atoms with Crippen LogP contribution in [0, 0.1) is 5.82 Å². The van der Waals surface area contributed by atoms with Crippen molar-refractivity contribution in [1.29, 1.82) is 0 Å². The Morgan fingerprint density at radius 2 is 1.72 bits per heavy atom. The summed E-state index contributed by atoms with van der Waals surface area (Å²) in [6.45, 7) is 0. The van der Waals surface area contributed by atoms with Crippen LogP contribution in [0.25, 0.3) is 55.8 Å². The van der Waals surface area contributed by atoms with Gasteiger partial charge < -0.3 is 10.3 Å². The van der Waals surface area contributed by atoms with Crippen molar-refractivity contribution >= 4 is 43.5 Å². The monoisotopic (exact) mass is 632 g/mol. The highest BCUT2D eigenvalue weighted by atomic mass is 32.2. The van der Waals surface area contributed by atoms with Crippen molar-refractivity contribution in [2.75, 3.05) is 17.3 Å². The van der Waals surface area contributed by atoms with Gasteiger partial charge in [0.2, 0.25) is 0 Å². The van der Waals surface area contributed by atoms with Gasteiger partial charge in [0.05, 0.1) is 40.3 Å². The topological polar surface area (TPSA) is 159 Å². The quantitative estimate of drug-likeness (QED) is 0.195. The van der Waals surface area contributed by atoms with Crippen molar-refractivity contribution in [1.82, 2.24) is 35.1 Å². The number of H-pyrrole nitrogens is 2. The smallest absolute Gasteiger partial charge is 0.255 e. The lowest BCUT2D eigenvalue weighted by atomic mass is 10.0. The summed E-state index contributed by atoms with van der Waals surface area (Å²) < 4.78 is 38.0. The predicted molar refractivity (Wildman–Crippen MR) is 173 cm³/mol. The van der Waals surface area contributed by atoms with E-state index in [1.807, 2.05) is 18.2 Å². The Bertz CT molecular complexity index is 2370. The first kappa shape index (κ1) is 28.9. The van der Waals surface area contributed by atoms with Crippen molar-refractivity contribution in [3.63, 3.8) is 0 Å². The molecular weight excluding hydrogens is 607 g/mol. The molecule has 0 aliphatic carbocycles. The molecule has 0 spiro atoms. The highest BCUT2D eigenvalue weighted by Crippen LogP contribution is 2.33. The number of nitrogens with zero attached hydrogens (tertiary/aromatic N) is 5. The zero-order valence-electron chi connectivity index (χ0n) is 24.3. The van der Waals surface area contributed by atoms with Gasteiger partial charge in [0.25, 0.3) is 5.91 Å². The summed E-state index contributed by atoms with van der Waals surface area (Å²) in [6.07, 6.45) is 9.51. The number of fused-ring (bicyclic) bond motifs is 2. The van der Waals surface area contributed by atoms with Crippen LogP contribution in [0.4, 0.5) is 10.1 Å². The number of benzene rings is 2. The van der Waals surface area contributed by atoms with Crippen molar-refractivity contribution in [2.45, 2.75) is 6.42 Å². The van der Waals surface area contributed by atoms with Gasteiger partial charge in [-0.15, -0.1) is 0 Å². The molecule has 5 heterocycles. The second kappa shape index (κ2) is 11.6. The lowest BCUT2D eigenvalue weighted by Gasteiger charge is -2.07. The minimum Gasteiger partial charge on any atom is -0.335 e. The molecule has 13 heteroatoms. The first-order valence-corrected chi connectivity index (χ1v) is 16.2. The summed E-state index contributed by atoms with van der Waals surface area (Å²) >= 11 is 0. The molecular formula is C33H25FN8O3S. The number of rotatable bonds is 8. The number of sulfone groups is 1. The number of amides is 1. The Balaban J connectivity index is 1.22. The fourth-order valence-corrected chi connectivity index (χ4v) is 5.82. The average molecular weight is 633 g/mol. The first-order chi connectivity index (χ1) is 22.2. The van der Waals surface area contributed by atoms with Crippen molar-refractivity contribution < 1.29 is 17.6 Å². The van der Waals surface area contributed by atoms with Crippen LogP contribution < -0.4 is 5.32 Å². The number of halogens is 1. The number of nitrogens with one attached hydrogen (secondary N) is 3. The Morgan fingerprint density at radius 3 is 2.54 bits per heavy atom. The Morgan fingerprint density at radius 1 is 0.913 bits per heavy atom. The van der Waals surface area contributed by atoms with E-state index in [1.54, 1.807) is 61.3 Å². The van der Waals surface area contributed by atoms with Crippen LogP contribution in [0.2, 0.25) is 0 Å². The lowest BCUT2D eigenvalue weighted by molar-refractivity contribution is 0.102. The van der Waals surface area contributed by atoms with E-state index in [4.69, 9.17) is 4.98 Å². The molecule has 46 heavy (non-hydrogen) atoms. The van der Waals surface area contributed by atoms with E-state index in [0.717, 1.165) is 17.4 Å². The Hall–Kier alpha value is -5.82. The number of hydrogen-bond acceptors (Lipinski definition) is 8. The van der Waals surface area contributed by atoms with Gasteiger partial charge in [-0.2, -0.15) is 5.10 Å². The molecule has 5 aromatic heterocycles. The van der Waals surface area contributed by atoms with Crippen LogP contribution in [-0.2, 0) is 16.3 Å². The number of aromatic amines is 2. The highest BCUT2D eigenvalue weighted by molar-refractivity contribution is 7.90. The standard InChI is InChI=1S/C33H25FN8O3S/c1-46(44,45)8-7-19-9-21(11-24(34)10-19)27-17-36-18-28-29(27)40-32(39-28)30-26-13-23(15-37-31(26)42-41-30)22-12-25(16-35-14-22)38-33(43)20-5-3-2-4-6-20/h2-6,9-18H,7-8H2,1H3,(H,38,43)(H,39,40)(H,37,41,42). The minimum absolute atomic E-state index is 0.0875. The number of aryl methyl sites for hydroxylation is 1. The molecule has 1 amide bonds. The lowest BCUT2D eigenvalue weighted by Crippen LogP contribution is -2.11. The summed E-state index contributed by atoms with van der Waals surface area (Å²) in [7, 11) is -3.21. The molecule has 7 rings (SSSR count). The van der Waals surface area contributed by atoms with Crippen molar-refractivity contribution in [2.24, 2.45) is 0 Å². The van der Waals surface area contributed by atoms with E-state index in [9.17, 15) is 17.6 Å². The largest absolute Gasteiger partial charge is 0.335 e. The molecule has 0 unspecified atom stereocenters. The van der Waals surface area contributed by atoms with Crippen molar-refractivity contribution in [3.8, 4) is 33.8 Å². The van der Waals surface area contributed by atoms with Crippen LogP contribution in [0.5, 0.6) is 0 Å². The van der Waals surface area contributed by atoms with E-state index in [0.29, 0.717) is 61.5 Å². The van der Waals surface area contributed by atoms with Gasteiger partial charge in [-0.25, -0.2) is 22.8 Å². The summed E-state index contributed by atoms with van der Waals surface area (Å²) in [6, 6.07) is 17.1. The number of pyridine rings is 3. The third-order valence-corrected chi connectivity index (χ3v) is 8.38. The van der Waals surface area contributed by atoms with Crippen LogP contribution in [0.3, 0.4) is 0 Å². The van der Waals surface area contributed by atoms with Gasteiger partial charge in [-0.3, -0.25) is 19.9 Å². The normalized spacial score (nSPS) is 11.7. The molecule has 0 fully saturated rings. The van der Waals surface area contributed by atoms with Gasteiger partial charge in [0.1, 0.15) is 21.3 Å². The molecule has 7 aromatic rings. The molecule has 2 aromatic carbocycles. The molecule has 0 saturated heterocycles. The Kier molecular flexibility index (Phi) is 7.29. The number of imidazole rings is 1. The second-order valence-electron chi connectivity index (χ2n) is 10.9. The average Bonchev–Trinajstić information content (AvgIpc) is 3.68. The summed E-state index contributed by atoms with van der Waals surface area (Å²) in [5.74, 6) is -0.364. The van der Waals surface area contributed by atoms with Gasteiger partial charge in [-0.1, -0.05) is 24.3 Å². The number of carbonyl (C=O) groups excluding carboxylic acids is 1. The third kappa shape index (κ3) is 5.95. The van der Waals surface area contributed by atoms with Crippen LogP contribution in [0.1, 0.15) is 15.9 Å². The molecule has 11 nitrogen and oxygen atoms in total. The number of carbonyl (C=O) groups is 1.